The van der Waals surface area contributed by atoms with Crippen LogP contribution in [0.1, 0.15) is 35.3 Å². The summed E-state index contributed by atoms with van der Waals surface area (Å²) in [6, 6.07) is 24.4. The van der Waals surface area contributed by atoms with Gasteiger partial charge >= 0.3 is 5.97 Å². The van der Waals surface area contributed by atoms with E-state index in [1.807, 2.05) is 18.2 Å². The van der Waals surface area contributed by atoms with Gasteiger partial charge in [0.25, 0.3) is 0 Å². The molecule has 0 fully saturated rings. The fourth-order valence-corrected chi connectivity index (χ4v) is 6.68. The van der Waals surface area contributed by atoms with E-state index in [1.54, 1.807) is 12.1 Å². The number of ether oxygens (including phenoxy) is 1. The molecule has 1 atom stereocenters. The predicted octanol–water partition coefficient (Wildman–Crippen LogP) is 4.73. The molecular weight excluding hydrogens is 552 g/mol. The lowest BCUT2D eigenvalue weighted by atomic mass is 9.93. The summed E-state index contributed by atoms with van der Waals surface area (Å²) in [5, 5.41) is 26.2. The molecule has 9 heteroatoms. The van der Waals surface area contributed by atoms with Crippen LogP contribution in [-0.4, -0.2) is 67.3 Å². The van der Waals surface area contributed by atoms with Crippen molar-refractivity contribution in [1.29, 1.82) is 0 Å². The topological polar surface area (TPSA) is 116 Å². The van der Waals surface area contributed by atoms with Gasteiger partial charge in [-0.05, 0) is 77.6 Å². The molecule has 5 rings (SSSR count). The van der Waals surface area contributed by atoms with Crippen molar-refractivity contribution in [1.82, 2.24) is 9.62 Å². The van der Waals surface area contributed by atoms with Gasteiger partial charge in [0.15, 0.2) is 0 Å². The Morgan fingerprint density at radius 2 is 1.76 bits per heavy atom. The predicted molar refractivity (Wildman–Crippen MR) is 164 cm³/mol. The second-order valence-electron chi connectivity index (χ2n) is 11.5. The van der Waals surface area contributed by atoms with Crippen molar-refractivity contribution >= 4 is 26.8 Å². The molecule has 4 aromatic carbocycles. The highest BCUT2D eigenvalue weighted by atomic mass is 32.2. The van der Waals surface area contributed by atoms with E-state index in [9.17, 15) is 23.4 Å². The van der Waals surface area contributed by atoms with Crippen LogP contribution in [0.5, 0.6) is 5.75 Å². The molecule has 1 aliphatic rings. The van der Waals surface area contributed by atoms with Gasteiger partial charge in [-0.3, -0.25) is 0 Å². The van der Waals surface area contributed by atoms with E-state index in [-0.39, 0.29) is 29.1 Å². The van der Waals surface area contributed by atoms with Crippen LogP contribution in [0.25, 0.3) is 21.9 Å². The summed E-state index contributed by atoms with van der Waals surface area (Å²) >= 11 is 0. The maximum Gasteiger partial charge on any atom is 0.339 e. The number of nitrogens with zero attached hydrogens (tertiary/aromatic N) is 1. The molecule has 220 valence electrons. The van der Waals surface area contributed by atoms with Crippen LogP contribution >= 0.6 is 0 Å². The Bertz CT molecular complexity index is 1730. The standard InChI is InChI=1S/C33H36N2O6S/c1-33(2,19-22-11-12-23-7-4-5-8-24(23)15-22)34-20-28(36)21-35(3)42(39,40)29-10-6-9-25(17-29)27-16-26-13-14-41-31(26)30(18-27)32(37)38/h4-12,15-18,28,34,36H,13-14,19-21H2,1-3H3,(H,37,38)/t28-/m1/s1. The molecule has 0 saturated carbocycles. The highest BCUT2D eigenvalue weighted by molar-refractivity contribution is 7.89. The number of hydrogen-bond acceptors (Lipinski definition) is 6. The third-order valence-electron chi connectivity index (χ3n) is 7.63. The molecule has 42 heavy (non-hydrogen) atoms. The van der Waals surface area contributed by atoms with E-state index in [1.165, 1.54) is 41.6 Å². The van der Waals surface area contributed by atoms with Gasteiger partial charge in [0.1, 0.15) is 11.3 Å². The van der Waals surface area contributed by atoms with Gasteiger partial charge in [-0.1, -0.05) is 54.6 Å². The summed E-state index contributed by atoms with van der Waals surface area (Å²) in [6.07, 6.45) is 0.401. The maximum absolute atomic E-state index is 13.4. The first-order valence-corrected chi connectivity index (χ1v) is 15.4. The first-order chi connectivity index (χ1) is 19.9. The number of hydrogen-bond donors (Lipinski definition) is 3. The van der Waals surface area contributed by atoms with E-state index >= 15 is 0 Å². The molecular formula is C33H36N2O6S. The number of aliphatic hydroxyl groups is 1. The van der Waals surface area contributed by atoms with Crippen LogP contribution < -0.4 is 10.1 Å². The van der Waals surface area contributed by atoms with Gasteiger partial charge in [-0.2, -0.15) is 4.31 Å². The normalized spacial score (nSPS) is 14.1. The maximum atomic E-state index is 13.4. The zero-order chi connectivity index (χ0) is 30.1. The highest BCUT2D eigenvalue weighted by Gasteiger charge is 2.26. The molecule has 1 aliphatic heterocycles. The number of carboxylic acids is 1. The van der Waals surface area contributed by atoms with E-state index < -0.39 is 22.1 Å². The summed E-state index contributed by atoms with van der Waals surface area (Å²) in [4.78, 5) is 11.9. The van der Waals surface area contributed by atoms with E-state index in [2.05, 4.69) is 49.5 Å². The second kappa shape index (κ2) is 11.9. The molecule has 0 aromatic heterocycles. The van der Waals surface area contributed by atoms with Crippen molar-refractivity contribution in [2.45, 2.75) is 43.2 Å². The fourth-order valence-electron chi connectivity index (χ4n) is 5.42. The van der Waals surface area contributed by atoms with Gasteiger partial charge in [-0.15, -0.1) is 0 Å². The molecule has 0 spiro atoms. The average Bonchev–Trinajstić information content (AvgIpc) is 3.44. The molecule has 0 saturated heterocycles. The number of sulfonamides is 1. The monoisotopic (exact) mass is 588 g/mol. The summed E-state index contributed by atoms with van der Waals surface area (Å²) in [6.45, 7) is 4.65. The number of β-amino-alcohol motifs (C(OH)–C–C–N with tert-alkyl or cyclic N) is 1. The number of rotatable bonds is 11. The molecule has 0 bridgehead atoms. The molecule has 0 aliphatic carbocycles. The van der Waals surface area contributed by atoms with Gasteiger partial charge in [0, 0.05) is 32.1 Å². The molecule has 0 radical (unpaired) electrons. The lowest BCUT2D eigenvalue weighted by molar-refractivity contribution is 0.0693. The van der Waals surface area contributed by atoms with Crippen molar-refractivity contribution in [3.63, 3.8) is 0 Å². The molecule has 1 heterocycles. The van der Waals surface area contributed by atoms with Crippen LogP contribution in [-0.2, 0) is 22.9 Å². The summed E-state index contributed by atoms with van der Waals surface area (Å²) in [5.74, 6) is -0.723. The van der Waals surface area contributed by atoms with Crippen molar-refractivity contribution in [2.24, 2.45) is 0 Å². The Kier molecular flexibility index (Phi) is 8.39. The van der Waals surface area contributed by atoms with Crippen molar-refractivity contribution in [3.8, 4) is 16.9 Å². The second-order valence-corrected chi connectivity index (χ2v) is 13.6. The Labute approximate surface area is 246 Å². The number of carboxylic acid groups (broad SMARTS) is 1. The van der Waals surface area contributed by atoms with E-state index in [4.69, 9.17) is 4.74 Å². The average molecular weight is 589 g/mol. The number of fused-ring (bicyclic) bond motifs is 2. The summed E-state index contributed by atoms with van der Waals surface area (Å²) in [7, 11) is -2.48. The quantitative estimate of drug-likeness (QED) is 0.232. The minimum Gasteiger partial charge on any atom is -0.492 e. The van der Waals surface area contributed by atoms with Gasteiger partial charge in [0.2, 0.25) is 10.0 Å². The minimum absolute atomic E-state index is 0.0598. The molecule has 4 aromatic rings. The highest BCUT2D eigenvalue weighted by Crippen LogP contribution is 2.35. The Morgan fingerprint density at radius 1 is 1.00 bits per heavy atom. The lowest BCUT2D eigenvalue weighted by Crippen LogP contribution is -2.47. The van der Waals surface area contributed by atoms with Gasteiger partial charge in [-0.25, -0.2) is 13.2 Å². The van der Waals surface area contributed by atoms with Crippen LogP contribution in [0.3, 0.4) is 0 Å². The summed E-state index contributed by atoms with van der Waals surface area (Å²) < 4.78 is 33.5. The van der Waals surface area contributed by atoms with Crippen molar-refractivity contribution < 1.29 is 28.2 Å². The first-order valence-electron chi connectivity index (χ1n) is 13.9. The van der Waals surface area contributed by atoms with Crippen molar-refractivity contribution in [2.75, 3.05) is 26.7 Å². The minimum atomic E-state index is -3.92. The largest absolute Gasteiger partial charge is 0.492 e. The molecule has 0 unspecified atom stereocenters. The number of carbonyl (C=O) groups is 1. The zero-order valence-corrected chi connectivity index (χ0v) is 24.8. The first kappa shape index (κ1) is 29.7. The van der Waals surface area contributed by atoms with Crippen LogP contribution in [0.2, 0.25) is 0 Å². The number of likely N-dealkylation sites (N-methyl/N-ethyl adjacent to an activating group) is 1. The van der Waals surface area contributed by atoms with Crippen molar-refractivity contribution in [3.05, 3.63) is 95.6 Å². The Balaban J connectivity index is 1.24. The van der Waals surface area contributed by atoms with E-state index in [0.717, 1.165) is 16.3 Å². The third kappa shape index (κ3) is 6.50. The van der Waals surface area contributed by atoms with Crippen LogP contribution in [0, 0.1) is 0 Å². The fraction of sp³-hybridized carbons (Fsp3) is 0.303. The van der Waals surface area contributed by atoms with Crippen LogP contribution in [0.4, 0.5) is 0 Å². The number of aliphatic hydroxyl groups excluding tert-OH is 1. The third-order valence-corrected chi connectivity index (χ3v) is 9.45. The Hall–Kier alpha value is -3.76. The number of aromatic carboxylic acids is 1. The molecule has 0 amide bonds. The van der Waals surface area contributed by atoms with E-state index in [0.29, 0.717) is 29.9 Å². The number of benzene rings is 4. The Morgan fingerprint density at radius 3 is 2.52 bits per heavy atom. The van der Waals surface area contributed by atoms with Crippen LogP contribution in [0.15, 0.2) is 83.8 Å². The summed E-state index contributed by atoms with van der Waals surface area (Å²) in [5.41, 5.74) is 2.88. The lowest BCUT2D eigenvalue weighted by Gasteiger charge is -2.29. The number of nitrogens with one attached hydrogen (secondary N) is 1. The molecule has 8 nitrogen and oxygen atoms in total. The van der Waals surface area contributed by atoms with Gasteiger partial charge < -0.3 is 20.3 Å². The molecule has 3 N–H and O–H groups in total. The smallest absolute Gasteiger partial charge is 0.339 e. The zero-order valence-electron chi connectivity index (χ0n) is 24.0. The van der Waals surface area contributed by atoms with Gasteiger partial charge in [0.05, 0.1) is 17.6 Å². The SMILES string of the molecule is CN(C[C@H](O)CNC(C)(C)Cc1ccc2ccccc2c1)S(=O)(=O)c1cccc(-c2cc3c(c(C(=O)O)c2)OCC3)c1.